The first-order valence-electron chi connectivity index (χ1n) is 7.48. The van der Waals surface area contributed by atoms with Crippen LogP contribution in [0.4, 0.5) is 0 Å². The first kappa shape index (κ1) is 10.5. The van der Waals surface area contributed by atoms with Crippen LogP contribution < -0.4 is 0 Å². The summed E-state index contributed by atoms with van der Waals surface area (Å²) in [6, 6.07) is 0. The van der Waals surface area contributed by atoms with Crippen LogP contribution in [-0.2, 0) is 0 Å². The molecule has 0 amide bonds. The van der Waals surface area contributed by atoms with Gasteiger partial charge in [-0.3, -0.25) is 0 Å². The van der Waals surface area contributed by atoms with E-state index in [0.29, 0.717) is 11.8 Å². The summed E-state index contributed by atoms with van der Waals surface area (Å²) < 4.78 is 5.65. The highest BCUT2D eigenvalue weighted by Gasteiger charge is 2.67. The lowest BCUT2D eigenvalue weighted by Gasteiger charge is -2.04. The summed E-state index contributed by atoms with van der Waals surface area (Å²) in [5, 5.41) is 9.24. The second kappa shape index (κ2) is 3.22. The second-order valence-electron chi connectivity index (χ2n) is 6.86. The van der Waals surface area contributed by atoms with Gasteiger partial charge in [0.25, 0.3) is 0 Å². The molecule has 4 nitrogen and oxygen atoms in total. The molecule has 4 saturated carbocycles. The molecule has 4 heteroatoms. The van der Waals surface area contributed by atoms with Crippen molar-refractivity contribution in [2.45, 2.75) is 43.9 Å². The largest absolute Gasteiger partial charge is 0.475 e. The molecular formula is C15H17NO3. The van der Waals surface area contributed by atoms with Gasteiger partial charge < -0.3 is 9.52 Å². The molecule has 0 saturated heterocycles. The van der Waals surface area contributed by atoms with Crippen LogP contribution in [0.15, 0.2) is 4.42 Å². The van der Waals surface area contributed by atoms with Crippen molar-refractivity contribution in [3.63, 3.8) is 0 Å². The molecule has 1 aromatic rings. The van der Waals surface area contributed by atoms with Gasteiger partial charge in [0.1, 0.15) is 0 Å². The number of carboxylic acids is 1. The van der Waals surface area contributed by atoms with Crippen LogP contribution in [0, 0.1) is 23.7 Å². The number of hydrogen-bond donors (Lipinski definition) is 1. The van der Waals surface area contributed by atoms with Crippen LogP contribution >= 0.6 is 0 Å². The number of fused-ring (bicyclic) bond motifs is 5. The van der Waals surface area contributed by atoms with E-state index in [9.17, 15) is 9.90 Å². The number of rotatable bonds is 3. The Balaban J connectivity index is 1.50. The maximum atomic E-state index is 11.3. The molecule has 5 rings (SSSR count). The molecule has 4 unspecified atom stereocenters. The minimum Gasteiger partial charge on any atom is -0.475 e. The van der Waals surface area contributed by atoms with Crippen molar-refractivity contribution in [1.82, 2.24) is 4.98 Å². The van der Waals surface area contributed by atoms with Crippen LogP contribution in [0.2, 0.25) is 0 Å². The second-order valence-corrected chi connectivity index (χ2v) is 6.86. The third-order valence-corrected chi connectivity index (χ3v) is 5.85. The van der Waals surface area contributed by atoms with Crippen molar-refractivity contribution < 1.29 is 14.3 Å². The minimum absolute atomic E-state index is 0.120. The number of oxazole rings is 1. The number of aromatic carboxylic acids is 1. The van der Waals surface area contributed by atoms with Gasteiger partial charge in [0, 0.05) is 11.8 Å². The zero-order valence-corrected chi connectivity index (χ0v) is 10.7. The molecule has 0 radical (unpaired) electrons. The lowest BCUT2D eigenvalue weighted by atomic mass is 10.0. The Morgan fingerprint density at radius 3 is 2.42 bits per heavy atom. The highest BCUT2D eigenvalue weighted by molar-refractivity contribution is 5.86. The Morgan fingerprint density at radius 1 is 1.16 bits per heavy atom. The third kappa shape index (κ3) is 1.30. The standard InChI is InChI=1S/C15H17NO3/c17-15(18)13-12(6-1-2-6)16-14(19-13)11-9-7-3-4-8(5-7)10(9)11/h6-11H,1-5H2,(H,17,18). The van der Waals surface area contributed by atoms with Crippen LogP contribution in [0.25, 0.3) is 0 Å². The first-order chi connectivity index (χ1) is 9.24. The fourth-order valence-corrected chi connectivity index (χ4v) is 4.93. The van der Waals surface area contributed by atoms with E-state index in [1.54, 1.807) is 0 Å². The van der Waals surface area contributed by atoms with Crippen molar-refractivity contribution in [2.24, 2.45) is 23.7 Å². The van der Waals surface area contributed by atoms with Gasteiger partial charge in [0.05, 0.1) is 5.69 Å². The van der Waals surface area contributed by atoms with Gasteiger partial charge in [-0.25, -0.2) is 9.78 Å². The van der Waals surface area contributed by atoms with E-state index in [1.807, 2.05) is 0 Å². The summed E-state index contributed by atoms with van der Waals surface area (Å²) >= 11 is 0. The predicted molar refractivity (Wildman–Crippen MR) is 66.0 cm³/mol. The zero-order chi connectivity index (χ0) is 12.7. The molecular weight excluding hydrogens is 242 g/mol. The monoisotopic (exact) mass is 259 g/mol. The molecule has 0 spiro atoms. The molecule has 19 heavy (non-hydrogen) atoms. The number of nitrogens with zero attached hydrogens (tertiary/aromatic N) is 1. The minimum atomic E-state index is -0.950. The predicted octanol–water partition coefficient (Wildman–Crippen LogP) is 3.01. The SMILES string of the molecule is O=C(O)c1oc(C2C3C4CCC(C4)C23)nc1C1CC1. The van der Waals surface area contributed by atoms with E-state index >= 15 is 0 Å². The van der Waals surface area contributed by atoms with Gasteiger partial charge in [0.15, 0.2) is 5.89 Å². The third-order valence-electron chi connectivity index (χ3n) is 5.85. The summed E-state index contributed by atoms with van der Waals surface area (Å²) in [7, 11) is 0. The maximum absolute atomic E-state index is 11.3. The van der Waals surface area contributed by atoms with E-state index in [0.717, 1.165) is 48.1 Å². The number of carboxylic acid groups (broad SMARTS) is 1. The molecule has 4 aliphatic carbocycles. The fourth-order valence-electron chi connectivity index (χ4n) is 4.93. The van der Waals surface area contributed by atoms with Crippen molar-refractivity contribution in [3.05, 3.63) is 17.3 Å². The molecule has 1 heterocycles. The Labute approximate surface area is 111 Å². The molecule has 4 fully saturated rings. The van der Waals surface area contributed by atoms with Gasteiger partial charge in [-0.05, 0) is 55.8 Å². The summed E-state index contributed by atoms with van der Waals surface area (Å²) in [5.41, 5.74) is 0.722. The van der Waals surface area contributed by atoms with Crippen LogP contribution in [0.3, 0.4) is 0 Å². The molecule has 4 atom stereocenters. The Hall–Kier alpha value is -1.32. The molecule has 0 aliphatic heterocycles. The van der Waals surface area contributed by atoms with E-state index < -0.39 is 5.97 Å². The van der Waals surface area contributed by atoms with E-state index in [1.165, 1.54) is 19.3 Å². The Bertz CT molecular complexity index is 558. The summed E-state index contributed by atoms with van der Waals surface area (Å²) in [5.74, 6) is 3.94. The topological polar surface area (TPSA) is 63.3 Å². The quantitative estimate of drug-likeness (QED) is 0.906. The highest BCUT2D eigenvalue weighted by atomic mass is 16.4. The van der Waals surface area contributed by atoms with Gasteiger partial charge in [-0.15, -0.1) is 0 Å². The van der Waals surface area contributed by atoms with E-state index in [2.05, 4.69) is 4.98 Å². The molecule has 1 N–H and O–H groups in total. The summed E-state index contributed by atoms with van der Waals surface area (Å²) in [6.45, 7) is 0. The van der Waals surface area contributed by atoms with Gasteiger partial charge in [-0.2, -0.15) is 0 Å². The molecule has 0 aromatic carbocycles. The molecule has 100 valence electrons. The Morgan fingerprint density at radius 2 is 1.84 bits per heavy atom. The maximum Gasteiger partial charge on any atom is 0.373 e. The van der Waals surface area contributed by atoms with Gasteiger partial charge in [0.2, 0.25) is 5.76 Å². The summed E-state index contributed by atoms with van der Waals surface area (Å²) in [4.78, 5) is 15.9. The average molecular weight is 259 g/mol. The average Bonchev–Trinajstić information content (AvgIpc) is 3.26. The van der Waals surface area contributed by atoms with Crippen molar-refractivity contribution in [3.8, 4) is 0 Å². The van der Waals surface area contributed by atoms with E-state index in [-0.39, 0.29) is 5.76 Å². The van der Waals surface area contributed by atoms with Gasteiger partial charge in [-0.1, -0.05) is 0 Å². The lowest BCUT2D eigenvalue weighted by molar-refractivity contribution is 0.0658. The molecule has 4 aliphatic rings. The van der Waals surface area contributed by atoms with Crippen LogP contribution in [0.5, 0.6) is 0 Å². The highest BCUT2D eigenvalue weighted by Crippen LogP contribution is 2.73. The Kier molecular flexibility index (Phi) is 1.77. The van der Waals surface area contributed by atoms with Crippen molar-refractivity contribution in [2.75, 3.05) is 0 Å². The fraction of sp³-hybridized carbons (Fsp3) is 0.733. The first-order valence-corrected chi connectivity index (χ1v) is 7.48. The summed E-state index contributed by atoms with van der Waals surface area (Å²) in [6.07, 6.45) is 6.26. The molecule has 1 aromatic heterocycles. The van der Waals surface area contributed by atoms with Crippen molar-refractivity contribution >= 4 is 5.97 Å². The van der Waals surface area contributed by atoms with E-state index in [4.69, 9.17) is 4.42 Å². The van der Waals surface area contributed by atoms with Crippen LogP contribution in [-0.4, -0.2) is 16.1 Å². The lowest BCUT2D eigenvalue weighted by Crippen LogP contribution is -1.98. The normalized spacial score (nSPS) is 42.4. The zero-order valence-electron chi connectivity index (χ0n) is 10.7. The van der Waals surface area contributed by atoms with Crippen molar-refractivity contribution in [1.29, 1.82) is 0 Å². The molecule has 2 bridgehead atoms. The number of hydrogen-bond acceptors (Lipinski definition) is 3. The smallest absolute Gasteiger partial charge is 0.373 e. The number of carbonyl (C=O) groups is 1. The van der Waals surface area contributed by atoms with Gasteiger partial charge >= 0.3 is 5.97 Å². The number of aromatic nitrogens is 1. The van der Waals surface area contributed by atoms with Crippen LogP contribution in [0.1, 0.15) is 66.1 Å².